The van der Waals surface area contributed by atoms with E-state index < -0.39 is 23.4 Å². The summed E-state index contributed by atoms with van der Waals surface area (Å²) in [4.78, 5) is 30.0. The molecule has 2 heterocycles. The average Bonchev–Trinajstić information content (AvgIpc) is 3.48. The highest BCUT2D eigenvalue weighted by molar-refractivity contribution is 6.03. The molecule has 0 saturated carbocycles. The van der Waals surface area contributed by atoms with Gasteiger partial charge in [0.25, 0.3) is 5.91 Å². The summed E-state index contributed by atoms with van der Waals surface area (Å²) in [5, 5.41) is 13.4. The molecular weight excluding hydrogens is 540 g/mol. The van der Waals surface area contributed by atoms with Gasteiger partial charge in [-0.25, -0.2) is 4.79 Å². The van der Waals surface area contributed by atoms with E-state index in [1.807, 2.05) is 66.7 Å². The van der Waals surface area contributed by atoms with Crippen LogP contribution in [0.3, 0.4) is 0 Å². The number of nitrogen functional groups attached to an aromatic ring is 1. The Balaban J connectivity index is 1.42. The van der Waals surface area contributed by atoms with Crippen LogP contribution in [0, 0.1) is 5.92 Å². The topological polar surface area (TPSA) is 119 Å². The average molecular weight is 573 g/mol. The molecule has 1 unspecified atom stereocenters. The van der Waals surface area contributed by atoms with E-state index in [0.717, 1.165) is 16.7 Å². The second-order valence-electron chi connectivity index (χ2n) is 10.6. The van der Waals surface area contributed by atoms with Crippen LogP contribution in [0.15, 0.2) is 132 Å². The van der Waals surface area contributed by atoms with Crippen molar-refractivity contribution in [3.8, 4) is 0 Å². The van der Waals surface area contributed by atoms with Gasteiger partial charge in [-0.05, 0) is 47.4 Å². The van der Waals surface area contributed by atoms with Crippen molar-refractivity contribution in [3.63, 3.8) is 0 Å². The lowest BCUT2D eigenvalue weighted by Crippen LogP contribution is -2.43. The smallest absolute Gasteiger partial charge is 0.351 e. The first-order chi connectivity index (χ1) is 21.0. The quantitative estimate of drug-likeness (QED) is 0.178. The molecule has 0 spiro atoms. The number of anilines is 2. The zero-order chi connectivity index (χ0) is 29.8. The first kappa shape index (κ1) is 28.1. The van der Waals surface area contributed by atoms with Gasteiger partial charge in [-0.1, -0.05) is 97.1 Å². The van der Waals surface area contributed by atoms with Gasteiger partial charge in [0.15, 0.2) is 0 Å². The number of hydrogen-bond donors (Lipinski definition) is 3. The first-order valence-electron chi connectivity index (χ1n) is 14.2. The third-order valence-electron chi connectivity index (χ3n) is 8.23. The fraction of sp³-hybridized carbons (Fsp3) is 0.171. The number of nitrogens with zero attached hydrogens (tertiary/aromatic N) is 2. The van der Waals surface area contributed by atoms with Crippen molar-refractivity contribution in [2.24, 2.45) is 5.92 Å². The van der Waals surface area contributed by atoms with Gasteiger partial charge < -0.3 is 20.9 Å². The third kappa shape index (κ3) is 5.22. The molecule has 1 amide bonds. The summed E-state index contributed by atoms with van der Waals surface area (Å²) in [6, 6.07) is 38.2. The Labute approximate surface area is 249 Å². The van der Waals surface area contributed by atoms with Gasteiger partial charge >= 0.3 is 5.69 Å². The molecule has 4 N–H and O–H groups in total. The highest BCUT2D eigenvalue weighted by Gasteiger charge is 2.53. The maximum Gasteiger partial charge on any atom is 0.351 e. The van der Waals surface area contributed by atoms with Crippen molar-refractivity contribution in [3.05, 3.63) is 160 Å². The Morgan fingerprint density at radius 1 is 0.884 bits per heavy atom. The summed E-state index contributed by atoms with van der Waals surface area (Å²) in [5.74, 6) is -0.538. The molecule has 8 nitrogen and oxygen atoms in total. The second kappa shape index (κ2) is 12.1. The zero-order valence-electron chi connectivity index (χ0n) is 23.4. The van der Waals surface area contributed by atoms with E-state index in [1.165, 1.54) is 4.57 Å². The van der Waals surface area contributed by atoms with Gasteiger partial charge in [-0.15, -0.1) is 0 Å². The Bertz CT molecular complexity index is 1720. The van der Waals surface area contributed by atoms with Crippen molar-refractivity contribution >= 4 is 17.4 Å². The first-order valence-corrected chi connectivity index (χ1v) is 14.2. The Kier molecular flexibility index (Phi) is 7.87. The van der Waals surface area contributed by atoms with E-state index in [0.29, 0.717) is 17.7 Å². The van der Waals surface area contributed by atoms with Crippen LogP contribution in [0.25, 0.3) is 0 Å². The number of ether oxygens (including phenoxy) is 1. The Hall–Kier alpha value is -5.05. The molecule has 1 aromatic heterocycles. The standard InChI is InChI=1S/C35H32N4O4/c36-29-19-11-10-18-27(29)35(25-14-6-2-7-15-25,26-16-8-3-9-17-26)28-22-32(43-30(28)23-40)39-21-20-31(38-34(39)42)37-33(41)24-12-4-1-5-13-24/h1-21,28,30,32,40H,22-23,36H2,(H,37,38,41,42)/t28?,30-,32-/m1/s1. The monoisotopic (exact) mass is 572 g/mol. The largest absolute Gasteiger partial charge is 0.398 e. The molecule has 1 fully saturated rings. The van der Waals surface area contributed by atoms with Gasteiger partial charge in [0.2, 0.25) is 0 Å². The molecule has 216 valence electrons. The minimum absolute atomic E-state index is 0.142. The molecular formula is C35H32N4O4. The van der Waals surface area contributed by atoms with Crippen molar-refractivity contribution in [1.29, 1.82) is 0 Å². The number of aromatic nitrogens is 2. The van der Waals surface area contributed by atoms with Crippen molar-refractivity contribution in [1.82, 2.24) is 9.55 Å². The van der Waals surface area contributed by atoms with Crippen LogP contribution in [-0.2, 0) is 10.2 Å². The summed E-state index contributed by atoms with van der Waals surface area (Å²) < 4.78 is 7.85. The van der Waals surface area contributed by atoms with Crippen molar-refractivity contribution in [2.75, 3.05) is 17.7 Å². The zero-order valence-corrected chi connectivity index (χ0v) is 23.4. The number of carbonyl (C=O) groups excluding carboxylic acids is 1. The van der Waals surface area contributed by atoms with Crippen molar-refractivity contribution in [2.45, 2.75) is 24.2 Å². The number of aliphatic hydroxyl groups excluding tert-OH is 1. The summed E-state index contributed by atoms with van der Waals surface area (Å²) in [5.41, 5.74) is 9.28. The van der Waals surface area contributed by atoms with E-state index in [2.05, 4.69) is 34.6 Å². The molecule has 43 heavy (non-hydrogen) atoms. The number of nitrogens with one attached hydrogen (secondary N) is 1. The number of hydrogen-bond acceptors (Lipinski definition) is 6. The van der Waals surface area contributed by atoms with Crippen LogP contribution in [0.5, 0.6) is 0 Å². The van der Waals surface area contributed by atoms with Gasteiger partial charge in [0, 0.05) is 23.4 Å². The summed E-state index contributed by atoms with van der Waals surface area (Å²) in [6.07, 6.45) is 0.619. The van der Waals surface area contributed by atoms with Crippen LogP contribution in [-0.4, -0.2) is 33.3 Å². The highest BCUT2D eigenvalue weighted by Crippen LogP contribution is 2.54. The number of nitrogens with two attached hydrogens (primary N) is 1. The number of amides is 1. The van der Waals surface area contributed by atoms with Crippen LogP contribution < -0.4 is 16.7 Å². The van der Waals surface area contributed by atoms with Gasteiger partial charge in [0.1, 0.15) is 12.0 Å². The lowest BCUT2D eigenvalue weighted by molar-refractivity contribution is -0.0362. The molecule has 8 heteroatoms. The van der Waals surface area contributed by atoms with E-state index in [4.69, 9.17) is 10.5 Å². The molecule has 5 aromatic rings. The van der Waals surface area contributed by atoms with Crippen LogP contribution >= 0.6 is 0 Å². The van der Waals surface area contributed by atoms with E-state index >= 15 is 0 Å². The fourth-order valence-corrected chi connectivity index (χ4v) is 6.37. The minimum Gasteiger partial charge on any atom is -0.398 e. The summed E-state index contributed by atoms with van der Waals surface area (Å²) >= 11 is 0. The van der Waals surface area contributed by atoms with Gasteiger partial charge in [-0.3, -0.25) is 9.36 Å². The number of aliphatic hydroxyl groups is 1. The molecule has 4 aromatic carbocycles. The third-order valence-corrected chi connectivity index (χ3v) is 8.23. The van der Waals surface area contributed by atoms with Crippen LogP contribution in [0.2, 0.25) is 0 Å². The number of benzene rings is 4. The second-order valence-corrected chi connectivity index (χ2v) is 10.6. The number of para-hydroxylation sites is 1. The lowest BCUT2D eigenvalue weighted by Gasteiger charge is -2.43. The SMILES string of the molecule is Nc1ccccc1C(c1ccccc1)(c1ccccc1)C1C[C@H](n2ccc(NC(=O)c3ccccc3)nc2=O)O[C@@H]1CO. The van der Waals surface area contributed by atoms with E-state index in [1.54, 1.807) is 36.5 Å². The number of rotatable bonds is 8. The van der Waals surface area contributed by atoms with E-state index in [-0.39, 0.29) is 24.2 Å². The molecule has 0 radical (unpaired) electrons. The minimum atomic E-state index is -0.809. The van der Waals surface area contributed by atoms with Gasteiger partial charge in [-0.2, -0.15) is 4.98 Å². The molecule has 3 atom stereocenters. The number of carbonyl (C=O) groups is 1. The molecule has 1 aliphatic rings. The van der Waals surface area contributed by atoms with Crippen molar-refractivity contribution < 1.29 is 14.6 Å². The molecule has 0 aliphatic carbocycles. The van der Waals surface area contributed by atoms with Crippen LogP contribution in [0.4, 0.5) is 11.5 Å². The summed E-state index contributed by atoms with van der Waals surface area (Å²) in [6.45, 7) is -0.261. The molecule has 0 bridgehead atoms. The Morgan fingerprint density at radius 2 is 1.47 bits per heavy atom. The predicted molar refractivity (Wildman–Crippen MR) is 166 cm³/mol. The van der Waals surface area contributed by atoms with E-state index in [9.17, 15) is 14.7 Å². The Morgan fingerprint density at radius 3 is 2.05 bits per heavy atom. The summed E-state index contributed by atoms with van der Waals surface area (Å²) in [7, 11) is 0. The molecule has 1 saturated heterocycles. The maximum atomic E-state index is 13.3. The van der Waals surface area contributed by atoms with Crippen LogP contribution in [0.1, 0.15) is 39.7 Å². The molecule has 6 rings (SSSR count). The predicted octanol–water partition coefficient (Wildman–Crippen LogP) is 5.01. The van der Waals surface area contributed by atoms with Gasteiger partial charge in [0.05, 0.1) is 18.1 Å². The molecule has 1 aliphatic heterocycles. The fourth-order valence-electron chi connectivity index (χ4n) is 6.37. The highest BCUT2D eigenvalue weighted by atomic mass is 16.5. The lowest BCUT2D eigenvalue weighted by atomic mass is 9.59. The maximum absolute atomic E-state index is 13.3. The normalized spacial score (nSPS) is 18.3.